The summed E-state index contributed by atoms with van der Waals surface area (Å²) in [6.07, 6.45) is 4.24. The SMILES string of the molecule is CCC=CC(=O)OCC1CO1. The Hall–Kier alpha value is -0.830. The summed E-state index contributed by atoms with van der Waals surface area (Å²) >= 11 is 0. The van der Waals surface area contributed by atoms with Crippen molar-refractivity contribution < 1.29 is 14.3 Å². The van der Waals surface area contributed by atoms with Crippen LogP contribution in [0.25, 0.3) is 0 Å². The molecule has 0 aromatic carbocycles. The molecule has 0 aromatic rings. The van der Waals surface area contributed by atoms with Crippen LogP contribution in [0.1, 0.15) is 13.3 Å². The molecule has 3 heteroatoms. The predicted molar refractivity (Wildman–Crippen MR) is 40.1 cm³/mol. The number of epoxide rings is 1. The molecule has 1 fully saturated rings. The normalized spacial score (nSPS) is 22.1. The third kappa shape index (κ3) is 3.78. The van der Waals surface area contributed by atoms with Gasteiger partial charge in [0, 0.05) is 6.08 Å². The van der Waals surface area contributed by atoms with Gasteiger partial charge < -0.3 is 9.47 Å². The molecule has 0 aromatic heterocycles. The molecule has 1 heterocycles. The quantitative estimate of drug-likeness (QED) is 0.345. The maximum atomic E-state index is 10.8. The van der Waals surface area contributed by atoms with Gasteiger partial charge in [0.2, 0.25) is 0 Å². The molecule has 1 saturated heterocycles. The summed E-state index contributed by atoms with van der Waals surface area (Å²) in [6, 6.07) is 0. The lowest BCUT2D eigenvalue weighted by atomic mass is 10.4. The van der Waals surface area contributed by atoms with Gasteiger partial charge in [-0.1, -0.05) is 13.0 Å². The van der Waals surface area contributed by atoms with Gasteiger partial charge in [0.1, 0.15) is 12.7 Å². The number of hydrogen-bond donors (Lipinski definition) is 0. The zero-order chi connectivity index (χ0) is 8.10. The summed E-state index contributed by atoms with van der Waals surface area (Å²) in [4.78, 5) is 10.8. The zero-order valence-electron chi connectivity index (χ0n) is 6.58. The number of ether oxygens (including phenoxy) is 2. The highest BCUT2D eigenvalue weighted by atomic mass is 16.6. The summed E-state index contributed by atoms with van der Waals surface area (Å²) in [5.41, 5.74) is 0. The number of esters is 1. The van der Waals surface area contributed by atoms with Gasteiger partial charge in [0.15, 0.2) is 0 Å². The summed E-state index contributed by atoms with van der Waals surface area (Å²) in [7, 11) is 0. The van der Waals surface area contributed by atoms with Crippen LogP contribution in [-0.4, -0.2) is 25.3 Å². The third-order valence-corrected chi connectivity index (χ3v) is 1.30. The van der Waals surface area contributed by atoms with Crippen LogP contribution >= 0.6 is 0 Å². The summed E-state index contributed by atoms with van der Waals surface area (Å²) in [6.45, 7) is 3.09. The maximum Gasteiger partial charge on any atom is 0.330 e. The second kappa shape index (κ2) is 4.13. The Morgan fingerprint density at radius 3 is 3.09 bits per heavy atom. The highest BCUT2D eigenvalue weighted by Crippen LogP contribution is 2.08. The number of carbonyl (C=O) groups is 1. The first-order valence-electron chi connectivity index (χ1n) is 3.78. The first kappa shape index (κ1) is 8.27. The van der Waals surface area contributed by atoms with Gasteiger partial charge in [0.05, 0.1) is 6.61 Å². The molecule has 0 spiro atoms. The van der Waals surface area contributed by atoms with Crippen molar-refractivity contribution in [2.75, 3.05) is 13.2 Å². The van der Waals surface area contributed by atoms with Gasteiger partial charge in [-0.25, -0.2) is 4.79 Å². The van der Waals surface area contributed by atoms with Crippen LogP contribution in [0.3, 0.4) is 0 Å². The van der Waals surface area contributed by atoms with Crippen molar-refractivity contribution in [3.8, 4) is 0 Å². The van der Waals surface area contributed by atoms with Crippen LogP contribution < -0.4 is 0 Å². The van der Waals surface area contributed by atoms with Crippen molar-refractivity contribution in [1.29, 1.82) is 0 Å². The fourth-order valence-electron chi connectivity index (χ4n) is 0.602. The maximum absolute atomic E-state index is 10.8. The van der Waals surface area contributed by atoms with E-state index in [1.54, 1.807) is 6.08 Å². The minimum atomic E-state index is -0.276. The lowest BCUT2D eigenvalue weighted by molar-refractivity contribution is -0.138. The Bertz CT molecular complexity index is 159. The Kier molecular flexibility index (Phi) is 3.11. The number of hydrogen-bond acceptors (Lipinski definition) is 3. The number of allylic oxidation sites excluding steroid dienone is 1. The molecule has 1 aliphatic heterocycles. The Labute approximate surface area is 66.0 Å². The number of rotatable bonds is 4. The smallest absolute Gasteiger partial charge is 0.330 e. The van der Waals surface area contributed by atoms with Gasteiger partial charge in [-0.05, 0) is 6.42 Å². The molecule has 0 amide bonds. The molecule has 1 unspecified atom stereocenters. The van der Waals surface area contributed by atoms with Crippen molar-refractivity contribution in [3.05, 3.63) is 12.2 Å². The molecule has 1 aliphatic rings. The van der Waals surface area contributed by atoms with E-state index in [-0.39, 0.29) is 12.1 Å². The molecular formula is C8H12O3. The van der Waals surface area contributed by atoms with Gasteiger partial charge in [-0.2, -0.15) is 0 Å². The topological polar surface area (TPSA) is 38.8 Å². The average molecular weight is 156 g/mol. The van der Waals surface area contributed by atoms with Crippen LogP contribution in [0.4, 0.5) is 0 Å². The van der Waals surface area contributed by atoms with Crippen LogP contribution in [-0.2, 0) is 14.3 Å². The van der Waals surface area contributed by atoms with E-state index in [0.717, 1.165) is 13.0 Å². The summed E-state index contributed by atoms with van der Waals surface area (Å²) in [5.74, 6) is -0.276. The lowest BCUT2D eigenvalue weighted by Gasteiger charge is -1.95. The summed E-state index contributed by atoms with van der Waals surface area (Å²) in [5, 5.41) is 0. The largest absolute Gasteiger partial charge is 0.460 e. The average Bonchev–Trinajstić information content (AvgIpc) is 2.80. The van der Waals surface area contributed by atoms with E-state index in [1.165, 1.54) is 6.08 Å². The molecule has 0 bridgehead atoms. The lowest BCUT2D eigenvalue weighted by Crippen LogP contribution is -2.06. The van der Waals surface area contributed by atoms with E-state index in [0.29, 0.717) is 6.61 Å². The van der Waals surface area contributed by atoms with E-state index in [4.69, 9.17) is 9.47 Å². The van der Waals surface area contributed by atoms with E-state index in [2.05, 4.69) is 0 Å². The van der Waals surface area contributed by atoms with E-state index in [1.807, 2.05) is 6.92 Å². The molecule has 3 nitrogen and oxygen atoms in total. The van der Waals surface area contributed by atoms with Crippen LogP contribution in [0.2, 0.25) is 0 Å². The van der Waals surface area contributed by atoms with Crippen molar-refractivity contribution >= 4 is 5.97 Å². The van der Waals surface area contributed by atoms with Crippen LogP contribution in [0, 0.1) is 0 Å². The predicted octanol–water partition coefficient (Wildman–Crippen LogP) is 0.895. The molecule has 0 radical (unpaired) electrons. The van der Waals surface area contributed by atoms with E-state index >= 15 is 0 Å². The number of carbonyl (C=O) groups excluding carboxylic acids is 1. The van der Waals surface area contributed by atoms with Gasteiger partial charge in [0.25, 0.3) is 0 Å². The highest BCUT2D eigenvalue weighted by molar-refractivity contribution is 5.81. The molecular weight excluding hydrogens is 144 g/mol. The fourth-order valence-corrected chi connectivity index (χ4v) is 0.602. The highest BCUT2D eigenvalue weighted by Gasteiger charge is 2.23. The van der Waals surface area contributed by atoms with Crippen molar-refractivity contribution in [1.82, 2.24) is 0 Å². The molecule has 0 N–H and O–H groups in total. The monoisotopic (exact) mass is 156 g/mol. The molecule has 0 aliphatic carbocycles. The minimum Gasteiger partial charge on any atom is -0.460 e. The van der Waals surface area contributed by atoms with Crippen LogP contribution in [0.15, 0.2) is 12.2 Å². The van der Waals surface area contributed by atoms with Gasteiger partial charge in [-0.3, -0.25) is 0 Å². The third-order valence-electron chi connectivity index (χ3n) is 1.30. The second-order valence-corrected chi connectivity index (χ2v) is 2.40. The first-order valence-corrected chi connectivity index (χ1v) is 3.78. The Balaban J connectivity index is 2.04. The fraction of sp³-hybridized carbons (Fsp3) is 0.625. The van der Waals surface area contributed by atoms with E-state index in [9.17, 15) is 4.79 Å². The van der Waals surface area contributed by atoms with Crippen molar-refractivity contribution in [3.63, 3.8) is 0 Å². The van der Waals surface area contributed by atoms with Gasteiger partial charge in [-0.15, -0.1) is 0 Å². The zero-order valence-corrected chi connectivity index (χ0v) is 6.58. The van der Waals surface area contributed by atoms with Crippen molar-refractivity contribution in [2.24, 2.45) is 0 Å². The summed E-state index contributed by atoms with van der Waals surface area (Å²) < 4.78 is 9.68. The first-order chi connectivity index (χ1) is 5.33. The van der Waals surface area contributed by atoms with Crippen molar-refractivity contribution in [2.45, 2.75) is 19.4 Å². The standard InChI is InChI=1S/C8H12O3/c1-2-3-4-8(9)11-6-7-5-10-7/h3-4,7H,2,5-6H2,1H3. The van der Waals surface area contributed by atoms with E-state index < -0.39 is 0 Å². The molecule has 1 atom stereocenters. The van der Waals surface area contributed by atoms with Gasteiger partial charge >= 0.3 is 5.97 Å². The molecule has 11 heavy (non-hydrogen) atoms. The molecule has 0 saturated carbocycles. The minimum absolute atomic E-state index is 0.161. The second-order valence-electron chi connectivity index (χ2n) is 2.40. The molecule has 62 valence electrons. The van der Waals surface area contributed by atoms with Crippen LogP contribution in [0.5, 0.6) is 0 Å². The Morgan fingerprint density at radius 1 is 1.82 bits per heavy atom. The molecule has 1 rings (SSSR count). The Morgan fingerprint density at radius 2 is 2.55 bits per heavy atom.